The van der Waals surface area contributed by atoms with Crippen LogP contribution < -0.4 is 10.6 Å². The zero-order valence-electron chi connectivity index (χ0n) is 12.7. The first-order chi connectivity index (χ1) is 8.51. The number of guanidine groups is 1. The van der Waals surface area contributed by atoms with E-state index < -0.39 is 0 Å². The summed E-state index contributed by atoms with van der Waals surface area (Å²) < 4.78 is 5.33. The number of ether oxygens (including phenoxy) is 1. The van der Waals surface area contributed by atoms with Gasteiger partial charge in [-0.25, -0.2) is 0 Å². The molecular formula is C13H29IN4O. The minimum Gasteiger partial charge on any atom is -0.379 e. The summed E-state index contributed by atoms with van der Waals surface area (Å²) >= 11 is 0. The Morgan fingerprint density at radius 1 is 1.26 bits per heavy atom. The predicted molar refractivity (Wildman–Crippen MR) is 91.5 cm³/mol. The van der Waals surface area contributed by atoms with Crippen LogP contribution in [0.2, 0.25) is 0 Å². The van der Waals surface area contributed by atoms with Crippen LogP contribution in [0.4, 0.5) is 0 Å². The topological polar surface area (TPSA) is 48.9 Å². The van der Waals surface area contributed by atoms with Crippen molar-refractivity contribution >= 4 is 29.9 Å². The number of hydrogen-bond acceptors (Lipinski definition) is 3. The van der Waals surface area contributed by atoms with Crippen LogP contribution >= 0.6 is 24.0 Å². The number of nitrogens with zero attached hydrogens (tertiary/aromatic N) is 2. The minimum absolute atomic E-state index is 0. The van der Waals surface area contributed by atoms with Gasteiger partial charge in [-0.05, 0) is 27.7 Å². The Balaban J connectivity index is 0.00000324. The van der Waals surface area contributed by atoms with Gasteiger partial charge >= 0.3 is 0 Å². The van der Waals surface area contributed by atoms with E-state index in [0.29, 0.717) is 0 Å². The molecule has 0 radical (unpaired) electrons. The molecule has 0 aromatic rings. The molecule has 0 aromatic heterocycles. The van der Waals surface area contributed by atoms with Crippen molar-refractivity contribution in [2.75, 3.05) is 45.9 Å². The van der Waals surface area contributed by atoms with Crippen molar-refractivity contribution in [2.45, 2.75) is 33.2 Å². The van der Waals surface area contributed by atoms with E-state index in [1.54, 1.807) is 0 Å². The molecule has 1 aliphatic rings. The summed E-state index contributed by atoms with van der Waals surface area (Å²) in [5, 5.41) is 6.66. The molecule has 5 nitrogen and oxygen atoms in total. The molecule has 1 saturated heterocycles. The van der Waals surface area contributed by atoms with Crippen LogP contribution in [0.3, 0.4) is 0 Å². The van der Waals surface area contributed by atoms with E-state index in [9.17, 15) is 0 Å². The summed E-state index contributed by atoms with van der Waals surface area (Å²) in [5.41, 5.74) is 0.0416. The quantitative estimate of drug-likeness (QED) is 0.436. The number of aliphatic imine (C=N–C) groups is 1. The lowest BCUT2D eigenvalue weighted by Crippen LogP contribution is -2.48. The molecule has 1 heterocycles. The molecule has 0 aromatic carbocycles. The molecule has 0 unspecified atom stereocenters. The van der Waals surface area contributed by atoms with E-state index in [-0.39, 0.29) is 29.5 Å². The van der Waals surface area contributed by atoms with Gasteiger partial charge in [0.15, 0.2) is 5.96 Å². The zero-order chi connectivity index (χ0) is 13.4. The molecule has 0 amide bonds. The Labute approximate surface area is 134 Å². The third kappa shape index (κ3) is 9.45. The van der Waals surface area contributed by atoms with Crippen molar-refractivity contribution in [1.29, 1.82) is 0 Å². The Kier molecular flexibility index (Phi) is 9.72. The fourth-order valence-corrected chi connectivity index (χ4v) is 1.79. The maximum atomic E-state index is 5.33. The molecule has 0 spiro atoms. The molecule has 19 heavy (non-hydrogen) atoms. The van der Waals surface area contributed by atoms with Crippen LogP contribution in [0.5, 0.6) is 0 Å². The normalized spacial score (nSPS) is 17.8. The molecule has 1 rings (SSSR count). The maximum absolute atomic E-state index is 5.33. The number of halogens is 1. The molecule has 1 aliphatic heterocycles. The van der Waals surface area contributed by atoms with Crippen LogP contribution in [0.15, 0.2) is 4.99 Å². The van der Waals surface area contributed by atoms with E-state index in [0.717, 1.165) is 51.9 Å². The predicted octanol–water partition coefficient (Wildman–Crippen LogP) is 1.29. The van der Waals surface area contributed by atoms with Crippen LogP contribution in [-0.4, -0.2) is 62.3 Å². The first kappa shape index (κ1) is 18.9. The molecular weight excluding hydrogens is 355 g/mol. The summed E-state index contributed by atoms with van der Waals surface area (Å²) in [7, 11) is 0. The van der Waals surface area contributed by atoms with E-state index in [4.69, 9.17) is 4.74 Å². The van der Waals surface area contributed by atoms with E-state index in [1.165, 1.54) is 0 Å². The second kappa shape index (κ2) is 9.77. The summed E-state index contributed by atoms with van der Waals surface area (Å²) in [5.74, 6) is 0.901. The van der Waals surface area contributed by atoms with Gasteiger partial charge in [-0.1, -0.05) is 0 Å². The lowest BCUT2D eigenvalue weighted by Gasteiger charge is -2.26. The van der Waals surface area contributed by atoms with Crippen molar-refractivity contribution < 1.29 is 4.74 Å². The van der Waals surface area contributed by atoms with Crippen LogP contribution in [-0.2, 0) is 4.74 Å². The van der Waals surface area contributed by atoms with Gasteiger partial charge in [0, 0.05) is 31.7 Å². The smallest absolute Gasteiger partial charge is 0.191 e. The number of hydrogen-bond donors (Lipinski definition) is 2. The fraction of sp³-hybridized carbons (Fsp3) is 0.923. The molecule has 1 fully saturated rings. The third-order valence-electron chi connectivity index (χ3n) is 2.63. The number of rotatable bonds is 4. The highest BCUT2D eigenvalue weighted by atomic mass is 127. The highest BCUT2D eigenvalue weighted by Gasteiger charge is 2.12. The largest absolute Gasteiger partial charge is 0.379 e. The Bertz CT molecular complexity index is 260. The highest BCUT2D eigenvalue weighted by Crippen LogP contribution is 1.99. The molecule has 0 atom stereocenters. The van der Waals surface area contributed by atoms with Crippen molar-refractivity contribution in [1.82, 2.24) is 15.5 Å². The van der Waals surface area contributed by atoms with Crippen molar-refractivity contribution in [2.24, 2.45) is 4.99 Å². The van der Waals surface area contributed by atoms with Crippen molar-refractivity contribution in [3.63, 3.8) is 0 Å². The third-order valence-corrected chi connectivity index (χ3v) is 2.63. The fourth-order valence-electron chi connectivity index (χ4n) is 1.79. The Morgan fingerprint density at radius 2 is 1.89 bits per heavy atom. The summed E-state index contributed by atoms with van der Waals surface area (Å²) in [6.45, 7) is 15.0. The lowest BCUT2D eigenvalue weighted by molar-refractivity contribution is 0.0394. The second-order valence-electron chi connectivity index (χ2n) is 5.59. The van der Waals surface area contributed by atoms with E-state index in [2.05, 4.69) is 48.2 Å². The minimum atomic E-state index is 0. The molecule has 2 N–H and O–H groups in total. The van der Waals surface area contributed by atoms with Crippen molar-refractivity contribution in [3.05, 3.63) is 0 Å². The number of morpholine rings is 1. The standard InChI is InChI=1S/C13H28N4O.HI/c1-5-14-12(16-13(2,3)4)15-6-7-17-8-10-18-11-9-17;/h5-11H2,1-4H3,(H2,14,15,16);1H. The summed E-state index contributed by atoms with van der Waals surface area (Å²) in [4.78, 5) is 7.00. The van der Waals surface area contributed by atoms with Crippen LogP contribution in [0.25, 0.3) is 0 Å². The van der Waals surface area contributed by atoms with E-state index >= 15 is 0 Å². The Hall–Kier alpha value is -0.0800. The first-order valence-electron chi connectivity index (χ1n) is 6.88. The van der Waals surface area contributed by atoms with Crippen molar-refractivity contribution in [3.8, 4) is 0 Å². The molecule has 0 aliphatic carbocycles. The SMILES string of the molecule is CCNC(=NCCN1CCOCC1)NC(C)(C)C.I. The van der Waals surface area contributed by atoms with E-state index in [1.807, 2.05) is 0 Å². The molecule has 114 valence electrons. The molecule has 0 saturated carbocycles. The molecule has 6 heteroatoms. The van der Waals surface area contributed by atoms with Gasteiger partial charge in [-0.2, -0.15) is 0 Å². The summed E-state index contributed by atoms with van der Waals surface area (Å²) in [6, 6.07) is 0. The van der Waals surface area contributed by atoms with Gasteiger partial charge in [0.25, 0.3) is 0 Å². The second-order valence-corrected chi connectivity index (χ2v) is 5.59. The maximum Gasteiger partial charge on any atom is 0.191 e. The van der Waals surface area contributed by atoms with Gasteiger partial charge in [-0.15, -0.1) is 24.0 Å². The zero-order valence-corrected chi connectivity index (χ0v) is 15.0. The van der Waals surface area contributed by atoms with Gasteiger partial charge in [-0.3, -0.25) is 9.89 Å². The van der Waals surface area contributed by atoms with Crippen LogP contribution in [0.1, 0.15) is 27.7 Å². The van der Waals surface area contributed by atoms with Gasteiger partial charge in [0.05, 0.1) is 19.8 Å². The monoisotopic (exact) mass is 384 g/mol. The molecule has 0 bridgehead atoms. The van der Waals surface area contributed by atoms with Gasteiger partial charge < -0.3 is 15.4 Å². The van der Waals surface area contributed by atoms with Gasteiger partial charge in [0.2, 0.25) is 0 Å². The number of nitrogens with one attached hydrogen (secondary N) is 2. The first-order valence-corrected chi connectivity index (χ1v) is 6.88. The lowest BCUT2D eigenvalue weighted by atomic mass is 10.1. The highest BCUT2D eigenvalue weighted by molar-refractivity contribution is 14.0. The average molecular weight is 384 g/mol. The van der Waals surface area contributed by atoms with Gasteiger partial charge in [0.1, 0.15) is 0 Å². The summed E-state index contributed by atoms with van der Waals surface area (Å²) in [6.07, 6.45) is 0. The average Bonchev–Trinajstić information content (AvgIpc) is 2.28. The van der Waals surface area contributed by atoms with Crippen LogP contribution in [0, 0.1) is 0 Å². The Morgan fingerprint density at radius 3 is 2.42 bits per heavy atom.